The molecule has 0 aliphatic carbocycles. The second kappa shape index (κ2) is 9.48. The number of fused-ring (bicyclic) bond motifs is 1. The molecule has 0 bridgehead atoms. The minimum Gasteiger partial charge on any atom is -0.497 e. The molecule has 1 atom stereocenters. The van der Waals surface area contributed by atoms with Gasteiger partial charge in [0.15, 0.2) is 0 Å². The fourth-order valence-electron chi connectivity index (χ4n) is 3.64. The number of rotatable bonds is 7. The van der Waals surface area contributed by atoms with Gasteiger partial charge in [0.1, 0.15) is 11.8 Å². The first-order valence-corrected chi connectivity index (χ1v) is 11.6. The molecular formula is C24H27N5O2S. The summed E-state index contributed by atoms with van der Waals surface area (Å²) in [7, 11) is 1.63. The lowest BCUT2D eigenvalue weighted by atomic mass is 9.95. The van der Waals surface area contributed by atoms with Crippen LogP contribution >= 0.6 is 11.8 Å². The molecule has 0 radical (unpaired) electrons. The summed E-state index contributed by atoms with van der Waals surface area (Å²) in [6, 6.07) is 15.0. The molecule has 8 heteroatoms. The maximum absolute atomic E-state index is 13.5. The van der Waals surface area contributed by atoms with Crippen molar-refractivity contribution in [3.05, 3.63) is 70.9 Å². The van der Waals surface area contributed by atoms with E-state index in [4.69, 9.17) is 9.84 Å². The van der Waals surface area contributed by atoms with Crippen LogP contribution in [-0.4, -0.2) is 33.5 Å². The molecule has 7 nitrogen and oxygen atoms in total. The molecule has 1 unspecified atom stereocenters. The van der Waals surface area contributed by atoms with Gasteiger partial charge in [-0.15, -0.1) is 5.10 Å². The van der Waals surface area contributed by atoms with Crippen molar-refractivity contribution >= 4 is 29.3 Å². The minimum absolute atomic E-state index is 0.185. The number of hydrogen-bond acceptors (Lipinski definition) is 6. The second-order valence-corrected chi connectivity index (χ2v) is 8.74. The zero-order chi connectivity index (χ0) is 22.7. The molecule has 0 saturated carbocycles. The van der Waals surface area contributed by atoms with Gasteiger partial charge < -0.3 is 15.4 Å². The van der Waals surface area contributed by atoms with Crippen molar-refractivity contribution in [3.8, 4) is 5.75 Å². The molecule has 0 spiro atoms. The lowest BCUT2D eigenvalue weighted by molar-refractivity contribution is -0.113. The highest BCUT2D eigenvalue weighted by molar-refractivity contribution is 7.99. The number of allylic oxidation sites excluding steroid dienone is 1. The number of benzene rings is 2. The van der Waals surface area contributed by atoms with Gasteiger partial charge in [-0.1, -0.05) is 48.5 Å². The predicted molar refractivity (Wildman–Crippen MR) is 128 cm³/mol. The summed E-state index contributed by atoms with van der Waals surface area (Å²) in [5.41, 5.74) is 4.11. The van der Waals surface area contributed by atoms with E-state index >= 15 is 0 Å². The van der Waals surface area contributed by atoms with Gasteiger partial charge in [-0.2, -0.15) is 4.98 Å². The van der Waals surface area contributed by atoms with Crippen LogP contribution in [0.5, 0.6) is 5.75 Å². The molecule has 1 aliphatic heterocycles. The molecule has 32 heavy (non-hydrogen) atoms. The Hall–Kier alpha value is -3.26. The van der Waals surface area contributed by atoms with Gasteiger partial charge in [-0.25, -0.2) is 4.68 Å². The van der Waals surface area contributed by atoms with Crippen molar-refractivity contribution in [2.75, 3.05) is 23.5 Å². The second-order valence-electron chi connectivity index (χ2n) is 7.67. The first kappa shape index (κ1) is 22.0. The third kappa shape index (κ3) is 4.50. The van der Waals surface area contributed by atoms with E-state index in [2.05, 4.69) is 22.5 Å². The molecule has 1 amide bonds. The number of nitrogens with zero attached hydrogens (tertiary/aromatic N) is 3. The number of anilines is 2. The summed E-state index contributed by atoms with van der Waals surface area (Å²) >= 11 is 1.61. The highest BCUT2D eigenvalue weighted by atomic mass is 32.2. The highest BCUT2D eigenvalue weighted by Gasteiger charge is 2.34. The minimum atomic E-state index is -0.435. The summed E-state index contributed by atoms with van der Waals surface area (Å²) in [4.78, 5) is 18.1. The summed E-state index contributed by atoms with van der Waals surface area (Å²) in [6.07, 6.45) is 1.03. The van der Waals surface area contributed by atoms with Crippen molar-refractivity contribution in [2.24, 2.45) is 0 Å². The summed E-state index contributed by atoms with van der Waals surface area (Å²) < 4.78 is 7.24. The molecule has 4 rings (SSSR count). The van der Waals surface area contributed by atoms with Gasteiger partial charge in [0.25, 0.3) is 5.91 Å². The summed E-state index contributed by atoms with van der Waals surface area (Å²) in [6.45, 7) is 6.04. The van der Waals surface area contributed by atoms with Gasteiger partial charge >= 0.3 is 0 Å². The van der Waals surface area contributed by atoms with E-state index in [1.807, 2.05) is 62.4 Å². The molecule has 3 aromatic rings. The van der Waals surface area contributed by atoms with Gasteiger partial charge in [-0.3, -0.25) is 4.79 Å². The van der Waals surface area contributed by atoms with E-state index in [-0.39, 0.29) is 5.91 Å². The van der Waals surface area contributed by atoms with E-state index in [1.54, 1.807) is 23.6 Å². The number of amides is 1. The normalized spacial score (nSPS) is 15.2. The molecule has 166 valence electrons. The van der Waals surface area contributed by atoms with Gasteiger partial charge in [0.2, 0.25) is 11.1 Å². The largest absolute Gasteiger partial charge is 0.497 e. The topological polar surface area (TPSA) is 81.1 Å². The quantitative estimate of drug-likeness (QED) is 0.493. The predicted octanol–water partition coefficient (Wildman–Crippen LogP) is 5.02. The Morgan fingerprint density at radius 3 is 2.72 bits per heavy atom. The Labute approximate surface area is 192 Å². The number of methoxy groups -OCH3 is 1. The van der Waals surface area contributed by atoms with Crippen LogP contribution in [0.3, 0.4) is 0 Å². The number of hydrogen-bond donors (Lipinski definition) is 2. The number of aromatic nitrogens is 3. The summed E-state index contributed by atoms with van der Waals surface area (Å²) in [5.74, 6) is 2.09. The van der Waals surface area contributed by atoms with Crippen molar-refractivity contribution in [2.45, 2.75) is 38.4 Å². The summed E-state index contributed by atoms with van der Waals surface area (Å²) in [5, 5.41) is 11.7. The molecule has 1 aromatic heterocycles. The smallest absolute Gasteiger partial charge is 0.255 e. The number of nitrogens with one attached hydrogen (secondary N) is 2. The van der Waals surface area contributed by atoms with Gasteiger partial charge in [-0.05, 0) is 50.1 Å². The van der Waals surface area contributed by atoms with Gasteiger partial charge in [0.05, 0.1) is 12.7 Å². The number of aryl methyl sites for hydroxylation is 1. The molecule has 0 fully saturated rings. The molecule has 0 saturated heterocycles. The first-order valence-electron chi connectivity index (χ1n) is 10.6. The van der Waals surface area contributed by atoms with Crippen molar-refractivity contribution < 1.29 is 9.53 Å². The van der Waals surface area contributed by atoms with Crippen molar-refractivity contribution in [3.63, 3.8) is 0 Å². The fourth-order valence-corrected chi connectivity index (χ4v) is 4.32. The average molecular weight is 450 g/mol. The van der Waals surface area contributed by atoms with Crippen LogP contribution in [0.2, 0.25) is 0 Å². The van der Waals surface area contributed by atoms with E-state index < -0.39 is 6.04 Å². The van der Waals surface area contributed by atoms with E-state index in [0.717, 1.165) is 40.4 Å². The van der Waals surface area contributed by atoms with E-state index in [1.165, 1.54) is 0 Å². The Balaban J connectivity index is 1.76. The van der Waals surface area contributed by atoms with Crippen LogP contribution in [0.4, 0.5) is 11.6 Å². The number of carbonyl (C=O) groups excluding carboxylic acids is 1. The lowest BCUT2D eigenvalue weighted by Gasteiger charge is -2.28. The Kier molecular flexibility index (Phi) is 6.50. The van der Waals surface area contributed by atoms with Crippen LogP contribution < -0.4 is 15.4 Å². The zero-order valence-corrected chi connectivity index (χ0v) is 19.5. The Bertz CT molecular complexity index is 1150. The van der Waals surface area contributed by atoms with Crippen LogP contribution in [0, 0.1) is 6.92 Å². The number of ether oxygens (including phenoxy) is 1. The average Bonchev–Trinajstić information content (AvgIpc) is 3.20. The molecule has 2 heterocycles. The third-order valence-corrected chi connectivity index (χ3v) is 6.28. The van der Waals surface area contributed by atoms with E-state index in [9.17, 15) is 4.79 Å². The SMILES string of the molecule is CCCSc1nc2n(n1)C(c1cccc(OC)c1)C(C(=O)Nc1ccc(C)cc1)=C(C)N2. The standard InChI is InChI=1S/C24H27N5O2S/c1-5-13-32-24-27-23-25-16(3)20(22(30)26-18-11-9-15(2)10-12-18)21(29(23)28-24)17-7-6-8-19(14-17)31-4/h6-12,14,21H,5,13H2,1-4H3,(H,26,30)(H,25,27,28). The Morgan fingerprint density at radius 2 is 2.00 bits per heavy atom. The first-order chi connectivity index (χ1) is 15.5. The van der Waals surface area contributed by atoms with Crippen LogP contribution in [0.15, 0.2) is 65.0 Å². The number of thioether (sulfide) groups is 1. The third-order valence-electron chi connectivity index (χ3n) is 5.23. The van der Waals surface area contributed by atoms with Gasteiger partial charge in [0, 0.05) is 17.1 Å². The van der Waals surface area contributed by atoms with E-state index in [0.29, 0.717) is 16.7 Å². The molecule has 2 N–H and O–H groups in total. The highest BCUT2D eigenvalue weighted by Crippen LogP contribution is 2.37. The monoisotopic (exact) mass is 449 g/mol. The maximum Gasteiger partial charge on any atom is 0.255 e. The van der Waals surface area contributed by atoms with Crippen LogP contribution in [-0.2, 0) is 4.79 Å². The fraction of sp³-hybridized carbons (Fsp3) is 0.292. The molecule has 1 aliphatic rings. The molecular weight excluding hydrogens is 422 g/mol. The van der Waals surface area contributed by atoms with Crippen LogP contribution in [0.1, 0.15) is 37.4 Å². The van der Waals surface area contributed by atoms with Crippen molar-refractivity contribution in [1.29, 1.82) is 0 Å². The van der Waals surface area contributed by atoms with Crippen molar-refractivity contribution in [1.82, 2.24) is 14.8 Å². The lowest BCUT2D eigenvalue weighted by Crippen LogP contribution is -2.31. The molecule has 2 aromatic carbocycles. The Morgan fingerprint density at radius 1 is 1.22 bits per heavy atom. The van der Waals surface area contributed by atoms with Crippen LogP contribution in [0.25, 0.3) is 0 Å². The zero-order valence-electron chi connectivity index (χ0n) is 18.7. The number of carbonyl (C=O) groups is 1. The maximum atomic E-state index is 13.5.